The van der Waals surface area contributed by atoms with Gasteiger partial charge in [0.15, 0.2) is 0 Å². The molecule has 0 bridgehead atoms. The molecule has 2 aromatic carbocycles. The van der Waals surface area contributed by atoms with E-state index in [0.29, 0.717) is 10.8 Å². The van der Waals surface area contributed by atoms with Crippen LogP contribution in [-0.2, 0) is 11.3 Å². The lowest BCUT2D eigenvalue weighted by Gasteiger charge is -2.25. The highest BCUT2D eigenvalue weighted by Crippen LogP contribution is 2.26. The summed E-state index contributed by atoms with van der Waals surface area (Å²) in [6, 6.07) is 17.4. The number of carbonyl (C=O) groups is 2. The molecule has 1 aromatic heterocycles. The minimum atomic E-state index is -5.08. The zero-order chi connectivity index (χ0) is 28.6. The Bertz CT molecular complexity index is 1240. The first-order valence-electron chi connectivity index (χ1n) is 12.7. The van der Waals surface area contributed by atoms with Crippen LogP contribution in [0.2, 0.25) is 0 Å². The summed E-state index contributed by atoms with van der Waals surface area (Å²) in [6.07, 6.45) is -1.82. The SMILES string of the molecule is CC(C)c1ccc(CN2CCCCC(NC(=O)c3cc(-c4cccc(F)c4)cs3)C2)cc1.O=C(O)C(F)(F)F. The highest BCUT2D eigenvalue weighted by molar-refractivity contribution is 7.12. The predicted octanol–water partition coefficient (Wildman–Crippen LogP) is 7.10. The molecule has 0 spiro atoms. The van der Waals surface area contributed by atoms with E-state index < -0.39 is 12.1 Å². The average molecular weight is 565 g/mol. The van der Waals surface area contributed by atoms with Crippen LogP contribution in [0.4, 0.5) is 17.6 Å². The van der Waals surface area contributed by atoms with Gasteiger partial charge in [0.05, 0.1) is 4.88 Å². The molecule has 1 aliphatic rings. The Morgan fingerprint density at radius 1 is 1.08 bits per heavy atom. The van der Waals surface area contributed by atoms with Crippen molar-refractivity contribution in [1.29, 1.82) is 0 Å². The van der Waals surface area contributed by atoms with E-state index >= 15 is 0 Å². The van der Waals surface area contributed by atoms with Gasteiger partial charge in [-0.3, -0.25) is 9.69 Å². The summed E-state index contributed by atoms with van der Waals surface area (Å²) in [6.45, 7) is 7.26. The summed E-state index contributed by atoms with van der Waals surface area (Å²) in [5.74, 6) is -2.52. The smallest absolute Gasteiger partial charge is 0.475 e. The molecule has 0 saturated carbocycles. The first-order chi connectivity index (χ1) is 18.4. The number of halogens is 4. The standard InChI is InChI=1S/C27H31FN2OS.C2HF3O2/c1-19(2)21-11-9-20(10-12-21)16-30-13-4-3-8-25(17-30)29-27(31)26-15-23(18-32-26)22-6-5-7-24(28)14-22;3-2(4,5)1(6)7/h5-7,9-12,14-15,18-19,25H,3-4,8,13,16-17H2,1-2H3,(H,29,31);(H,6,7). The summed E-state index contributed by atoms with van der Waals surface area (Å²) >= 11 is 1.41. The van der Waals surface area contributed by atoms with Gasteiger partial charge in [-0.25, -0.2) is 9.18 Å². The van der Waals surface area contributed by atoms with E-state index in [1.54, 1.807) is 6.07 Å². The van der Waals surface area contributed by atoms with Crippen molar-refractivity contribution in [2.75, 3.05) is 13.1 Å². The van der Waals surface area contributed by atoms with Crippen LogP contribution in [0.25, 0.3) is 11.1 Å². The van der Waals surface area contributed by atoms with Crippen molar-refractivity contribution in [3.05, 3.63) is 81.8 Å². The van der Waals surface area contributed by atoms with Crippen molar-refractivity contribution in [3.8, 4) is 11.1 Å². The zero-order valence-corrected chi connectivity index (χ0v) is 22.6. The van der Waals surface area contributed by atoms with Gasteiger partial charge in [0.1, 0.15) is 5.82 Å². The molecule has 1 unspecified atom stereocenters. The number of hydrogen-bond donors (Lipinski definition) is 2. The fraction of sp³-hybridized carbons (Fsp3) is 0.379. The first kappa shape index (κ1) is 30.3. The van der Waals surface area contributed by atoms with Gasteiger partial charge in [0.25, 0.3) is 5.91 Å². The van der Waals surface area contributed by atoms with Crippen LogP contribution in [0.15, 0.2) is 60.0 Å². The molecule has 1 amide bonds. The highest BCUT2D eigenvalue weighted by atomic mass is 32.1. The monoisotopic (exact) mass is 564 g/mol. The number of nitrogens with one attached hydrogen (secondary N) is 1. The van der Waals surface area contributed by atoms with Crippen LogP contribution < -0.4 is 5.32 Å². The number of likely N-dealkylation sites (tertiary alicyclic amines) is 1. The molecule has 1 atom stereocenters. The lowest BCUT2D eigenvalue weighted by atomic mass is 10.0. The average Bonchev–Trinajstić information content (AvgIpc) is 3.27. The van der Waals surface area contributed by atoms with Crippen molar-refractivity contribution in [2.24, 2.45) is 0 Å². The number of amides is 1. The molecule has 2 N–H and O–H groups in total. The van der Waals surface area contributed by atoms with Crippen molar-refractivity contribution in [1.82, 2.24) is 10.2 Å². The van der Waals surface area contributed by atoms with Crippen molar-refractivity contribution < 1.29 is 32.3 Å². The summed E-state index contributed by atoms with van der Waals surface area (Å²) in [5.41, 5.74) is 4.36. The summed E-state index contributed by atoms with van der Waals surface area (Å²) in [7, 11) is 0. The van der Waals surface area contributed by atoms with E-state index in [9.17, 15) is 22.4 Å². The third kappa shape index (κ3) is 9.47. The van der Waals surface area contributed by atoms with Crippen LogP contribution in [0.3, 0.4) is 0 Å². The Labute approximate surface area is 229 Å². The lowest BCUT2D eigenvalue weighted by Crippen LogP contribution is -2.42. The quantitative estimate of drug-likeness (QED) is 0.314. The van der Waals surface area contributed by atoms with Gasteiger partial charge in [-0.2, -0.15) is 13.2 Å². The number of rotatable bonds is 6. The Balaban J connectivity index is 0.000000532. The minimum Gasteiger partial charge on any atom is -0.475 e. The van der Waals surface area contributed by atoms with Gasteiger partial charge >= 0.3 is 12.1 Å². The Morgan fingerprint density at radius 3 is 2.38 bits per heavy atom. The first-order valence-corrected chi connectivity index (χ1v) is 13.6. The van der Waals surface area contributed by atoms with Crippen molar-refractivity contribution in [2.45, 2.75) is 57.8 Å². The number of thiophene rings is 1. The van der Waals surface area contributed by atoms with E-state index in [1.807, 2.05) is 17.5 Å². The second-order valence-electron chi connectivity index (χ2n) is 9.81. The maximum Gasteiger partial charge on any atom is 0.490 e. The van der Waals surface area contributed by atoms with E-state index in [2.05, 4.69) is 48.3 Å². The molecule has 10 heteroatoms. The number of benzene rings is 2. The van der Waals surface area contributed by atoms with E-state index in [4.69, 9.17) is 9.90 Å². The molecule has 5 nitrogen and oxygen atoms in total. The lowest BCUT2D eigenvalue weighted by molar-refractivity contribution is -0.192. The second kappa shape index (κ2) is 13.7. The topological polar surface area (TPSA) is 69.6 Å². The Hall–Kier alpha value is -3.24. The van der Waals surface area contributed by atoms with Crippen LogP contribution >= 0.6 is 11.3 Å². The fourth-order valence-electron chi connectivity index (χ4n) is 4.28. The number of carboxylic acid groups (broad SMARTS) is 1. The maximum atomic E-state index is 13.5. The largest absolute Gasteiger partial charge is 0.490 e. The van der Waals surface area contributed by atoms with Gasteiger partial charge in [-0.05, 0) is 71.1 Å². The van der Waals surface area contributed by atoms with Gasteiger partial charge in [0.2, 0.25) is 0 Å². The van der Waals surface area contributed by atoms with Crippen LogP contribution in [0.1, 0.15) is 59.8 Å². The van der Waals surface area contributed by atoms with E-state index in [-0.39, 0.29) is 17.8 Å². The number of alkyl halides is 3. The summed E-state index contributed by atoms with van der Waals surface area (Å²) in [5, 5.41) is 12.3. The predicted molar refractivity (Wildman–Crippen MR) is 144 cm³/mol. The number of carbonyl (C=O) groups excluding carboxylic acids is 1. The molecule has 1 saturated heterocycles. The summed E-state index contributed by atoms with van der Waals surface area (Å²) < 4.78 is 45.3. The molecular weight excluding hydrogens is 532 g/mol. The third-order valence-electron chi connectivity index (χ3n) is 6.37. The highest BCUT2D eigenvalue weighted by Gasteiger charge is 2.38. The fourth-order valence-corrected chi connectivity index (χ4v) is 5.10. The summed E-state index contributed by atoms with van der Waals surface area (Å²) in [4.78, 5) is 24.9. The van der Waals surface area contributed by atoms with Gasteiger partial charge in [-0.1, -0.05) is 56.7 Å². The van der Waals surface area contributed by atoms with Crippen molar-refractivity contribution in [3.63, 3.8) is 0 Å². The second-order valence-corrected chi connectivity index (χ2v) is 10.7. The number of aliphatic carboxylic acids is 1. The molecule has 4 rings (SSSR count). The molecule has 39 heavy (non-hydrogen) atoms. The number of nitrogens with zero attached hydrogens (tertiary/aromatic N) is 1. The van der Waals surface area contributed by atoms with Crippen LogP contribution in [-0.4, -0.2) is 47.2 Å². The van der Waals surface area contributed by atoms with Gasteiger partial charge in [0, 0.05) is 19.1 Å². The maximum absolute atomic E-state index is 13.5. The molecule has 0 radical (unpaired) electrons. The van der Waals surface area contributed by atoms with Gasteiger partial charge in [-0.15, -0.1) is 11.3 Å². The third-order valence-corrected chi connectivity index (χ3v) is 7.30. The molecule has 1 fully saturated rings. The normalized spacial score (nSPS) is 16.2. The molecule has 2 heterocycles. The van der Waals surface area contributed by atoms with Crippen molar-refractivity contribution >= 4 is 23.2 Å². The number of carboxylic acids is 1. The number of hydrogen-bond acceptors (Lipinski definition) is 4. The minimum absolute atomic E-state index is 0.0363. The molecule has 3 aromatic rings. The molecular formula is C29H32F4N2O3S. The van der Waals surface area contributed by atoms with Gasteiger partial charge < -0.3 is 10.4 Å². The van der Waals surface area contributed by atoms with E-state index in [0.717, 1.165) is 50.0 Å². The molecule has 210 valence electrons. The van der Waals surface area contributed by atoms with E-state index in [1.165, 1.54) is 34.6 Å². The Morgan fingerprint density at radius 2 is 1.77 bits per heavy atom. The zero-order valence-electron chi connectivity index (χ0n) is 21.8. The molecule has 0 aliphatic carbocycles. The van der Waals surface area contributed by atoms with Crippen LogP contribution in [0, 0.1) is 5.82 Å². The Kier molecular flexibility index (Phi) is 10.7. The molecule has 1 aliphatic heterocycles. The van der Waals surface area contributed by atoms with Crippen LogP contribution in [0.5, 0.6) is 0 Å².